The Morgan fingerprint density at radius 2 is 2.10 bits per heavy atom. The second-order valence-corrected chi connectivity index (χ2v) is 6.40. The van der Waals surface area contributed by atoms with Crippen LogP contribution in [0, 0.1) is 6.92 Å². The molecule has 0 radical (unpaired) electrons. The van der Waals surface area contributed by atoms with E-state index in [0.29, 0.717) is 13.2 Å². The summed E-state index contributed by atoms with van der Waals surface area (Å²) in [6, 6.07) is 8.28. The first-order valence-corrected chi connectivity index (χ1v) is 7.79. The Kier molecular flexibility index (Phi) is 3.76. The summed E-state index contributed by atoms with van der Waals surface area (Å²) < 4.78 is 5.63. The predicted octanol–water partition coefficient (Wildman–Crippen LogP) is 2.38. The number of ether oxygens (including phenoxy) is 1. The van der Waals surface area contributed by atoms with Gasteiger partial charge in [-0.25, -0.2) is 0 Å². The minimum absolute atomic E-state index is 0.0167. The maximum atomic E-state index is 12.7. The molecule has 1 saturated heterocycles. The zero-order valence-corrected chi connectivity index (χ0v) is 13.1. The summed E-state index contributed by atoms with van der Waals surface area (Å²) in [5.74, 6) is 0.239. The monoisotopic (exact) mass is 288 g/mol. The minimum Gasteiger partial charge on any atom is -0.377 e. The summed E-state index contributed by atoms with van der Waals surface area (Å²) in [7, 11) is 0. The van der Waals surface area contributed by atoms with Crippen molar-refractivity contribution >= 4 is 5.91 Å². The van der Waals surface area contributed by atoms with Gasteiger partial charge in [-0.1, -0.05) is 24.3 Å². The molecule has 1 N–H and O–H groups in total. The van der Waals surface area contributed by atoms with Gasteiger partial charge in [-0.15, -0.1) is 0 Å². The van der Waals surface area contributed by atoms with Crippen molar-refractivity contribution in [1.29, 1.82) is 0 Å². The minimum atomic E-state index is -0.287. The van der Waals surface area contributed by atoms with Crippen LogP contribution in [0.1, 0.15) is 44.0 Å². The fourth-order valence-corrected chi connectivity index (χ4v) is 3.03. The van der Waals surface area contributed by atoms with Crippen molar-refractivity contribution in [3.8, 4) is 0 Å². The SMILES string of the molecule is Cc1ccccc1C1NC2(CC2)C(=O)N1CCOC(C)C. The fraction of sp³-hybridized carbons (Fsp3) is 0.588. The number of hydrogen-bond donors (Lipinski definition) is 1. The van der Waals surface area contributed by atoms with Gasteiger partial charge in [0.2, 0.25) is 5.91 Å². The van der Waals surface area contributed by atoms with Gasteiger partial charge in [0, 0.05) is 6.54 Å². The van der Waals surface area contributed by atoms with Gasteiger partial charge in [-0.2, -0.15) is 0 Å². The molecule has 0 aromatic heterocycles. The van der Waals surface area contributed by atoms with E-state index in [4.69, 9.17) is 4.74 Å². The lowest BCUT2D eigenvalue weighted by Gasteiger charge is -2.26. The first-order chi connectivity index (χ1) is 10.0. The summed E-state index contributed by atoms with van der Waals surface area (Å²) in [5, 5.41) is 3.56. The van der Waals surface area contributed by atoms with Crippen molar-refractivity contribution < 1.29 is 9.53 Å². The Hall–Kier alpha value is -1.39. The number of aryl methyl sites for hydroxylation is 1. The highest BCUT2D eigenvalue weighted by Gasteiger charge is 2.59. The van der Waals surface area contributed by atoms with Crippen LogP contribution in [0.3, 0.4) is 0 Å². The topological polar surface area (TPSA) is 41.6 Å². The molecule has 1 saturated carbocycles. The normalized spacial score (nSPS) is 23.3. The van der Waals surface area contributed by atoms with E-state index < -0.39 is 0 Å². The van der Waals surface area contributed by atoms with Crippen molar-refractivity contribution in [2.24, 2.45) is 0 Å². The van der Waals surface area contributed by atoms with Crippen LogP contribution >= 0.6 is 0 Å². The molecule has 114 valence electrons. The first-order valence-electron chi connectivity index (χ1n) is 7.79. The molecule has 1 spiro atoms. The first kappa shape index (κ1) is 14.5. The van der Waals surface area contributed by atoms with Crippen LogP contribution in [0.5, 0.6) is 0 Å². The van der Waals surface area contributed by atoms with E-state index in [1.165, 1.54) is 11.1 Å². The molecule has 1 amide bonds. The van der Waals surface area contributed by atoms with E-state index in [9.17, 15) is 4.79 Å². The molecule has 1 unspecified atom stereocenters. The van der Waals surface area contributed by atoms with E-state index in [1.54, 1.807) is 0 Å². The molecule has 3 rings (SSSR count). The second kappa shape index (κ2) is 5.43. The smallest absolute Gasteiger partial charge is 0.244 e. The van der Waals surface area contributed by atoms with Gasteiger partial charge in [0.25, 0.3) is 0 Å². The fourth-order valence-electron chi connectivity index (χ4n) is 3.03. The number of carbonyl (C=O) groups excluding carboxylic acids is 1. The highest BCUT2D eigenvalue weighted by atomic mass is 16.5. The number of benzene rings is 1. The van der Waals surface area contributed by atoms with Gasteiger partial charge in [0.05, 0.1) is 12.7 Å². The van der Waals surface area contributed by atoms with Gasteiger partial charge in [-0.05, 0) is 44.7 Å². The van der Waals surface area contributed by atoms with E-state index >= 15 is 0 Å². The van der Waals surface area contributed by atoms with Crippen LogP contribution in [0.25, 0.3) is 0 Å². The zero-order chi connectivity index (χ0) is 15.0. The second-order valence-electron chi connectivity index (χ2n) is 6.40. The molecule has 4 nitrogen and oxygen atoms in total. The molecule has 0 bridgehead atoms. The third-order valence-electron chi connectivity index (χ3n) is 4.41. The Morgan fingerprint density at radius 1 is 1.38 bits per heavy atom. The van der Waals surface area contributed by atoms with Gasteiger partial charge in [0.1, 0.15) is 11.7 Å². The van der Waals surface area contributed by atoms with E-state index in [2.05, 4.69) is 24.4 Å². The van der Waals surface area contributed by atoms with Gasteiger partial charge < -0.3 is 9.64 Å². The molecule has 4 heteroatoms. The van der Waals surface area contributed by atoms with Crippen molar-refractivity contribution in [3.63, 3.8) is 0 Å². The zero-order valence-electron chi connectivity index (χ0n) is 13.1. The molecule has 2 fully saturated rings. The molecule has 21 heavy (non-hydrogen) atoms. The molecule has 2 aliphatic rings. The Bertz CT molecular complexity index is 537. The lowest BCUT2D eigenvalue weighted by atomic mass is 10.1. The van der Waals surface area contributed by atoms with Crippen molar-refractivity contribution in [2.75, 3.05) is 13.2 Å². The number of rotatable bonds is 5. The average Bonchev–Trinajstić information content (AvgIpc) is 3.17. The lowest BCUT2D eigenvalue weighted by molar-refractivity contribution is -0.131. The molecule has 1 heterocycles. The van der Waals surface area contributed by atoms with E-state index in [1.807, 2.05) is 30.9 Å². The Morgan fingerprint density at radius 3 is 2.71 bits per heavy atom. The Labute approximate surface area is 126 Å². The van der Waals surface area contributed by atoms with Crippen molar-refractivity contribution in [1.82, 2.24) is 10.2 Å². The largest absolute Gasteiger partial charge is 0.377 e. The predicted molar refractivity (Wildman–Crippen MR) is 81.8 cm³/mol. The molecule has 1 aromatic carbocycles. The summed E-state index contributed by atoms with van der Waals surface area (Å²) >= 11 is 0. The van der Waals surface area contributed by atoms with Crippen LogP contribution in [0.15, 0.2) is 24.3 Å². The van der Waals surface area contributed by atoms with Crippen LogP contribution in [0.4, 0.5) is 0 Å². The van der Waals surface area contributed by atoms with Gasteiger partial charge >= 0.3 is 0 Å². The summed E-state index contributed by atoms with van der Waals surface area (Å²) in [4.78, 5) is 14.6. The summed E-state index contributed by atoms with van der Waals surface area (Å²) in [6.07, 6.45) is 2.09. The number of carbonyl (C=O) groups is 1. The number of nitrogens with zero attached hydrogens (tertiary/aromatic N) is 1. The summed E-state index contributed by atoms with van der Waals surface area (Å²) in [6.45, 7) is 7.37. The number of amides is 1. The maximum Gasteiger partial charge on any atom is 0.244 e. The molecule has 1 aromatic rings. The van der Waals surface area contributed by atoms with Crippen LogP contribution in [-0.2, 0) is 9.53 Å². The van der Waals surface area contributed by atoms with Crippen LogP contribution in [0.2, 0.25) is 0 Å². The highest BCUT2D eigenvalue weighted by molar-refractivity contribution is 5.92. The standard InChI is InChI=1S/C17H24N2O2/c1-12(2)21-11-10-19-15(14-7-5-4-6-13(14)3)18-17(8-9-17)16(19)20/h4-7,12,15,18H,8-11H2,1-3H3. The average molecular weight is 288 g/mol. The third-order valence-corrected chi connectivity index (χ3v) is 4.41. The van der Waals surface area contributed by atoms with E-state index in [-0.39, 0.29) is 23.7 Å². The number of nitrogens with one attached hydrogen (secondary N) is 1. The molecule has 1 aliphatic heterocycles. The molecular weight excluding hydrogens is 264 g/mol. The van der Waals surface area contributed by atoms with Crippen LogP contribution in [-0.4, -0.2) is 35.6 Å². The summed E-state index contributed by atoms with van der Waals surface area (Å²) in [5.41, 5.74) is 2.12. The van der Waals surface area contributed by atoms with Gasteiger partial charge in [0.15, 0.2) is 0 Å². The van der Waals surface area contributed by atoms with E-state index in [0.717, 1.165) is 12.8 Å². The highest BCUT2D eigenvalue weighted by Crippen LogP contribution is 2.46. The third kappa shape index (κ3) is 2.70. The maximum absolute atomic E-state index is 12.7. The molecule has 1 aliphatic carbocycles. The Balaban J connectivity index is 1.80. The molecule has 1 atom stereocenters. The lowest BCUT2D eigenvalue weighted by Crippen LogP contribution is -2.35. The van der Waals surface area contributed by atoms with Crippen molar-refractivity contribution in [2.45, 2.75) is 51.4 Å². The van der Waals surface area contributed by atoms with Crippen LogP contribution < -0.4 is 5.32 Å². The molecular formula is C17H24N2O2. The van der Waals surface area contributed by atoms with Gasteiger partial charge in [-0.3, -0.25) is 10.1 Å². The quantitative estimate of drug-likeness (QED) is 0.904. The van der Waals surface area contributed by atoms with Crippen molar-refractivity contribution in [3.05, 3.63) is 35.4 Å². The number of hydrogen-bond acceptors (Lipinski definition) is 3.